The van der Waals surface area contributed by atoms with Crippen LogP contribution in [0.25, 0.3) is 0 Å². The van der Waals surface area contributed by atoms with Crippen LogP contribution in [0.15, 0.2) is 35.3 Å². The lowest BCUT2D eigenvalue weighted by Gasteiger charge is -2.27. The maximum absolute atomic E-state index is 11.3. The number of carbonyl (C=O) groups excluding carboxylic acids is 1. The molecule has 2 heterocycles. The van der Waals surface area contributed by atoms with Crippen molar-refractivity contribution >= 4 is 18.1 Å². The molecule has 1 fully saturated rings. The number of ether oxygens (including phenoxy) is 2. The van der Waals surface area contributed by atoms with Crippen LogP contribution in [0.1, 0.15) is 35.5 Å². The van der Waals surface area contributed by atoms with Crippen LogP contribution in [0.4, 0.5) is 5.95 Å². The molecule has 30 heavy (non-hydrogen) atoms. The molecule has 2 aromatic rings. The van der Waals surface area contributed by atoms with Crippen molar-refractivity contribution in [3.8, 4) is 5.88 Å². The van der Waals surface area contributed by atoms with Gasteiger partial charge in [0.25, 0.3) is 0 Å². The van der Waals surface area contributed by atoms with Crippen LogP contribution < -0.4 is 15.4 Å². The molecule has 9 nitrogen and oxygen atoms in total. The average molecular weight is 413 g/mol. The second kappa shape index (κ2) is 9.64. The Hall–Kier alpha value is -3.04. The van der Waals surface area contributed by atoms with Crippen molar-refractivity contribution in [1.82, 2.24) is 9.97 Å². The summed E-state index contributed by atoms with van der Waals surface area (Å²) in [4.78, 5) is 26.8. The smallest absolute Gasteiger partial charge is 0.248 e. The van der Waals surface area contributed by atoms with Crippen molar-refractivity contribution in [3.63, 3.8) is 0 Å². The Kier molecular flexibility index (Phi) is 6.96. The van der Waals surface area contributed by atoms with Crippen LogP contribution in [0, 0.1) is 0 Å². The summed E-state index contributed by atoms with van der Waals surface area (Å²) in [6.07, 6.45) is 1.64. The van der Waals surface area contributed by atoms with Gasteiger partial charge in [0.05, 0.1) is 31.1 Å². The Morgan fingerprint density at radius 3 is 2.80 bits per heavy atom. The van der Waals surface area contributed by atoms with Crippen molar-refractivity contribution in [2.45, 2.75) is 26.0 Å². The van der Waals surface area contributed by atoms with E-state index >= 15 is 0 Å². The van der Waals surface area contributed by atoms with Gasteiger partial charge in [-0.15, -0.1) is 0 Å². The standard InChI is InChI=1S/C21H27N5O4/c1-21(2,28)14-30-18-11-17(24-20(25-18)26-6-8-29-9-7-26)13-23-12-15-4-3-5-16(10-15)19(22)27/h3-5,10-11,13,28H,6-9,12,14H2,1-2H3,(H2,22,27). The molecular formula is C21H27N5O4. The van der Waals surface area contributed by atoms with Crippen molar-refractivity contribution in [1.29, 1.82) is 0 Å². The second-order valence-electron chi connectivity index (χ2n) is 7.67. The van der Waals surface area contributed by atoms with E-state index in [2.05, 4.69) is 15.0 Å². The molecule has 1 amide bonds. The van der Waals surface area contributed by atoms with Crippen LogP contribution in [0.2, 0.25) is 0 Å². The van der Waals surface area contributed by atoms with E-state index in [1.54, 1.807) is 44.3 Å². The Bertz CT molecular complexity index is 905. The molecule has 0 saturated carbocycles. The Labute approximate surface area is 175 Å². The third kappa shape index (κ3) is 6.50. The first-order valence-corrected chi connectivity index (χ1v) is 9.76. The molecule has 0 aliphatic carbocycles. The first kappa shape index (κ1) is 21.7. The van der Waals surface area contributed by atoms with Crippen molar-refractivity contribution in [2.75, 3.05) is 37.8 Å². The summed E-state index contributed by atoms with van der Waals surface area (Å²) >= 11 is 0. The zero-order chi connectivity index (χ0) is 21.6. The molecule has 0 atom stereocenters. The molecule has 0 radical (unpaired) electrons. The first-order chi connectivity index (χ1) is 14.3. The number of amides is 1. The van der Waals surface area contributed by atoms with E-state index in [1.165, 1.54) is 0 Å². The van der Waals surface area contributed by atoms with Gasteiger partial charge in [0, 0.05) is 30.9 Å². The summed E-state index contributed by atoms with van der Waals surface area (Å²) in [6.45, 7) is 6.40. The highest BCUT2D eigenvalue weighted by Crippen LogP contribution is 2.18. The Morgan fingerprint density at radius 2 is 2.10 bits per heavy atom. The summed E-state index contributed by atoms with van der Waals surface area (Å²) in [7, 11) is 0. The lowest BCUT2D eigenvalue weighted by Crippen LogP contribution is -2.37. The third-order valence-electron chi connectivity index (χ3n) is 4.29. The fourth-order valence-electron chi connectivity index (χ4n) is 2.79. The van der Waals surface area contributed by atoms with E-state index in [1.807, 2.05) is 11.0 Å². The largest absolute Gasteiger partial charge is 0.474 e. The third-order valence-corrected chi connectivity index (χ3v) is 4.29. The topological polar surface area (TPSA) is 123 Å². The SMILES string of the molecule is CC(C)(O)COc1cc(C=NCc2cccc(C(N)=O)c2)nc(N2CCOCC2)n1. The molecule has 0 bridgehead atoms. The highest BCUT2D eigenvalue weighted by Gasteiger charge is 2.18. The molecule has 9 heteroatoms. The predicted molar refractivity (Wildman–Crippen MR) is 113 cm³/mol. The number of carbonyl (C=O) groups is 1. The molecule has 0 unspecified atom stereocenters. The molecule has 1 saturated heterocycles. The minimum Gasteiger partial charge on any atom is -0.474 e. The summed E-state index contributed by atoms with van der Waals surface area (Å²) in [5, 5.41) is 9.94. The van der Waals surface area contributed by atoms with Gasteiger partial charge in [-0.3, -0.25) is 9.79 Å². The zero-order valence-corrected chi connectivity index (χ0v) is 17.2. The van der Waals surface area contributed by atoms with Crippen LogP contribution in [-0.4, -0.2) is 65.7 Å². The first-order valence-electron chi connectivity index (χ1n) is 9.76. The number of benzene rings is 1. The number of rotatable bonds is 8. The number of nitrogens with zero attached hydrogens (tertiary/aromatic N) is 4. The van der Waals surface area contributed by atoms with Gasteiger partial charge in [-0.05, 0) is 31.5 Å². The number of aromatic nitrogens is 2. The Balaban J connectivity index is 1.78. The molecule has 1 aliphatic rings. The van der Waals surface area contributed by atoms with E-state index in [0.717, 1.165) is 5.56 Å². The van der Waals surface area contributed by atoms with Gasteiger partial charge in [-0.25, -0.2) is 4.98 Å². The van der Waals surface area contributed by atoms with E-state index < -0.39 is 11.5 Å². The van der Waals surface area contributed by atoms with Gasteiger partial charge in [-0.2, -0.15) is 4.98 Å². The van der Waals surface area contributed by atoms with Gasteiger partial charge in [0.15, 0.2) is 0 Å². The van der Waals surface area contributed by atoms with Crippen molar-refractivity contribution < 1.29 is 19.4 Å². The zero-order valence-electron chi connectivity index (χ0n) is 17.2. The summed E-state index contributed by atoms with van der Waals surface area (Å²) in [5.74, 6) is 0.426. The summed E-state index contributed by atoms with van der Waals surface area (Å²) in [6, 6.07) is 8.71. The predicted octanol–water partition coefficient (Wildman–Crippen LogP) is 1.18. The molecule has 1 aliphatic heterocycles. The van der Waals surface area contributed by atoms with Crippen molar-refractivity contribution in [3.05, 3.63) is 47.2 Å². The van der Waals surface area contributed by atoms with Crippen LogP contribution in [0.5, 0.6) is 5.88 Å². The monoisotopic (exact) mass is 413 g/mol. The molecule has 1 aromatic heterocycles. The number of primary amides is 1. The van der Waals surface area contributed by atoms with E-state index in [-0.39, 0.29) is 6.61 Å². The molecule has 0 spiro atoms. The minimum absolute atomic E-state index is 0.100. The second-order valence-corrected chi connectivity index (χ2v) is 7.67. The van der Waals surface area contributed by atoms with Crippen LogP contribution in [0.3, 0.4) is 0 Å². The number of nitrogens with two attached hydrogens (primary N) is 1. The molecule has 3 N–H and O–H groups in total. The van der Waals surface area contributed by atoms with E-state index in [9.17, 15) is 9.90 Å². The normalized spacial score (nSPS) is 14.8. The van der Waals surface area contributed by atoms with E-state index in [0.29, 0.717) is 55.9 Å². The number of morpholine rings is 1. The quantitative estimate of drug-likeness (QED) is 0.623. The number of hydrogen-bond acceptors (Lipinski definition) is 8. The summed E-state index contributed by atoms with van der Waals surface area (Å²) < 4.78 is 11.1. The maximum atomic E-state index is 11.3. The molecule has 3 rings (SSSR count). The molecule has 160 valence electrons. The van der Waals surface area contributed by atoms with E-state index in [4.69, 9.17) is 15.2 Å². The Morgan fingerprint density at radius 1 is 1.33 bits per heavy atom. The number of aliphatic imine (C=N–C) groups is 1. The number of anilines is 1. The number of hydrogen-bond donors (Lipinski definition) is 2. The average Bonchev–Trinajstić information content (AvgIpc) is 2.72. The van der Waals surface area contributed by atoms with Gasteiger partial charge in [-0.1, -0.05) is 12.1 Å². The lowest BCUT2D eigenvalue weighted by atomic mass is 10.1. The highest BCUT2D eigenvalue weighted by atomic mass is 16.5. The van der Waals surface area contributed by atoms with Gasteiger partial charge in [0.1, 0.15) is 6.61 Å². The maximum Gasteiger partial charge on any atom is 0.248 e. The lowest BCUT2D eigenvalue weighted by molar-refractivity contribution is 0.0268. The van der Waals surface area contributed by atoms with Gasteiger partial charge in [0.2, 0.25) is 17.7 Å². The van der Waals surface area contributed by atoms with Crippen molar-refractivity contribution in [2.24, 2.45) is 10.7 Å². The van der Waals surface area contributed by atoms with Crippen LogP contribution >= 0.6 is 0 Å². The number of aliphatic hydroxyl groups is 1. The fraction of sp³-hybridized carbons (Fsp3) is 0.429. The highest BCUT2D eigenvalue weighted by molar-refractivity contribution is 5.92. The minimum atomic E-state index is -0.982. The van der Waals surface area contributed by atoms with Crippen LogP contribution in [-0.2, 0) is 11.3 Å². The van der Waals surface area contributed by atoms with Gasteiger partial charge < -0.3 is 25.2 Å². The summed E-state index contributed by atoms with van der Waals surface area (Å²) in [5.41, 5.74) is 6.24. The van der Waals surface area contributed by atoms with Gasteiger partial charge >= 0.3 is 0 Å². The molecular weight excluding hydrogens is 386 g/mol. The fourth-order valence-corrected chi connectivity index (χ4v) is 2.79. The molecule has 1 aromatic carbocycles.